The van der Waals surface area contributed by atoms with Crippen molar-refractivity contribution in [2.75, 3.05) is 19.7 Å². The van der Waals surface area contributed by atoms with Crippen molar-refractivity contribution in [3.63, 3.8) is 0 Å². The van der Waals surface area contributed by atoms with Crippen LogP contribution in [0, 0.1) is 5.92 Å². The molecule has 0 atom stereocenters. The maximum Gasteiger partial charge on any atom is 0.306 e. The number of carbonyl (C=O) groups is 1. The van der Waals surface area contributed by atoms with Crippen LogP contribution in [0.15, 0.2) is 0 Å². The molecule has 5 nitrogen and oxygen atoms in total. The number of aliphatic carboxylic acids is 1. The van der Waals surface area contributed by atoms with E-state index in [1.54, 1.807) is 0 Å². The Bertz CT molecular complexity index is 286. The molecule has 0 aromatic heterocycles. The smallest absolute Gasteiger partial charge is 0.306 e. The van der Waals surface area contributed by atoms with E-state index in [2.05, 4.69) is 5.32 Å². The van der Waals surface area contributed by atoms with E-state index in [0.29, 0.717) is 32.2 Å². The summed E-state index contributed by atoms with van der Waals surface area (Å²) in [6, 6.07) is 0. The monoisotopic (exact) mass is 287 g/mol. The molecule has 1 aliphatic carbocycles. The van der Waals surface area contributed by atoms with E-state index in [4.69, 9.17) is 9.84 Å². The molecular weight excluding hydrogens is 258 g/mol. The van der Waals surface area contributed by atoms with Crippen molar-refractivity contribution >= 4 is 5.97 Å². The summed E-state index contributed by atoms with van der Waals surface area (Å²) >= 11 is 0. The summed E-state index contributed by atoms with van der Waals surface area (Å²) in [4.78, 5) is 10.9. The number of carboxylic acid groups (broad SMARTS) is 1. The van der Waals surface area contributed by atoms with Gasteiger partial charge in [-0.25, -0.2) is 0 Å². The first-order valence-corrected chi connectivity index (χ1v) is 7.70. The Morgan fingerprint density at radius 1 is 1.35 bits per heavy atom. The van der Waals surface area contributed by atoms with Gasteiger partial charge < -0.3 is 20.3 Å². The van der Waals surface area contributed by atoms with Gasteiger partial charge in [-0.15, -0.1) is 0 Å². The average Bonchev–Trinajstić information content (AvgIpc) is 2.37. The van der Waals surface area contributed by atoms with Gasteiger partial charge in [0.05, 0.1) is 17.6 Å². The number of aliphatic hydroxyl groups is 1. The van der Waals surface area contributed by atoms with Crippen molar-refractivity contribution < 1.29 is 19.7 Å². The number of nitrogens with one attached hydrogen (secondary N) is 1. The third-order valence-electron chi connectivity index (χ3n) is 3.92. The second kappa shape index (κ2) is 8.60. The molecule has 1 aliphatic rings. The Morgan fingerprint density at radius 2 is 2.00 bits per heavy atom. The third-order valence-corrected chi connectivity index (χ3v) is 3.92. The lowest BCUT2D eigenvalue weighted by Crippen LogP contribution is -2.44. The molecule has 0 heterocycles. The fourth-order valence-electron chi connectivity index (χ4n) is 2.57. The van der Waals surface area contributed by atoms with Crippen molar-refractivity contribution in [2.45, 2.75) is 64.1 Å². The molecule has 0 saturated heterocycles. The predicted octanol–water partition coefficient (Wildman–Crippen LogP) is 1.79. The molecule has 1 saturated carbocycles. The van der Waals surface area contributed by atoms with Crippen molar-refractivity contribution in [3.05, 3.63) is 0 Å². The maximum absolute atomic E-state index is 10.9. The Hall–Kier alpha value is -0.650. The summed E-state index contributed by atoms with van der Waals surface area (Å²) in [6.45, 7) is 6.27. The maximum atomic E-state index is 10.9. The van der Waals surface area contributed by atoms with Gasteiger partial charge in [0.25, 0.3) is 0 Å². The first-order valence-electron chi connectivity index (χ1n) is 7.70. The minimum atomic E-state index is -0.731. The lowest BCUT2D eigenvalue weighted by molar-refractivity contribution is -0.144. The van der Waals surface area contributed by atoms with Gasteiger partial charge in [-0.05, 0) is 58.9 Å². The zero-order chi connectivity index (χ0) is 15.0. The van der Waals surface area contributed by atoms with Crippen molar-refractivity contribution in [1.82, 2.24) is 5.32 Å². The van der Waals surface area contributed by atoms with Gasteiger partial charge in [0.1, 0.15) is 0 Å². The number of carboxylic acids is 1. The first-order chi connectivity index (χ1) is 9.43. The van der Waals surface area contributed by atoms with E-state index in [9.17, 15) is 9.90 Å². The van der Waals surface area contributed by atoms with E-state index in [-0.39, 0.29) is 12.0 Å². The Labute approximate surface area is 121 Å². The molecule has 0 amide bonds. The summed E-state index contributed by atoms with van der Waals surface area (Å²) in [5, 5.41) is 22.6. The number of hydrogen-bond acceptors (Lipinski definition) is 4. The zero-order valence-corrected chi connectivity index (χ0v) is 12.7. The van der Waals surface area contributed by atoms with E-state index in [1.807, 2.05) is 13.8 Å². The summed E-state index contributed by atoms with van der Waals surface area (Å²) < 4.78 is 5.46. The van der Waals surface area contributed by atoms with E-state index >= 15 is 0 Å². The highest BCUT2D eigenvalue weighted by Gasteiger charge is 2.35. The van der Waals surface area contributed by atoms with Crippen LogP contribution in [-0.4, -0.2) is 47.6 Å². The van der Waals surface area contributed by atoms with E-state index in [0.717, 1.165) is 26.0 Å². The van der Waals surface area contributed by atoms with E-state index < -0.39 is 11.6 Å². The summed E-state index contributed by atoms with van der Waals surface area (Å²) in [7, 11) is 0. The van der Waals surface area contributed by atoms with Crippen molar-refractivity contribution in [1.29, 1.82) is 0 Å². The van der Waals surface area contributed by atoms with Crippen LogP contribution in [0.4, 0.5) is 0 Å². The van der Waals surface area contributed by atoms with Gasteiger partial charge in [-0.2, -0.15) is 0 Å². The fraction of sp³-hybridized carbons (Fsp3) is 0.933. The Kier molecular flexibility index (Phi) is 7.48. The summed E-state index contributed by atoms with van der Waals surface area (Å²) in [5.41, 5.74) is -0.722. The SMILES string of the molecule is CC(C)OCCCCNCC1(O)CCC(C(=O)O)CC1. The molecule has 1 fully saturated rings. The highest BCUT2D eigenvalue weighted by atomic mass is 16.5. The van der Waals surface area contributed by atoms with Crippen LogP contribution < -0.4 is 5.32 Å². The first kappa shape index (κ1) is 17.4. The second-order valence-electron chi connectivity index (χ2n) is 6.14. The van der Waals surface area contributed by atoms with Gasteiger partial charge in [-0.1, -0.05) is 0 Å². The van der Waals surface area contributed by atoms with Gasteiger partial charge in [0.15, 0.2) is 0 Å². The quantitative estimate of drug-likeness (QED) is 0.563. The van der Waals surface area contributed by atoms with Gasteiger partial charge in [-0.3, -0.25) is 4.79 Å². The molecule has 0 radical (unpaired) electrons. The molecule has 0 bridgehead atoms. The zero-order valence-electron chi connectivity index (χ0n) is 12.7. The largest absolute Gasteiger partial charge is 0.481 e. The normalized spacial score (nSPS) is 26.9. The van der Waals surface area contributed by atoms with E-state index in [1.165, 1.54) is 0 Å². The second-order valence-corrected chi connectivity index (χ2v) is 6.14. The molecule has 118 valence electrons. The van der Waals surface area contributed by atoms with Crippen LogP contribution in [0.25, 0.3) is 0 Å². The standard InChI is InChI=1S/C15H29NO4/c1-12(2)20-10-4-3-9-16-11-15(19)7-5-13(6-8-15)14(17)18/h12-13,16,19H,3-11H2,1-2H3,(H,17,18). The predicted molar refractivity (Wildman–Crippen MR) is 77.7 cm³/mol. The molecule has 0 aliphatic heterocycles. The number of hydrogen-bond donors (Lipinski definition) is 3. The van der Waals surface area contributed by atoms with Crippen LogP contribution in [0.2, 0.25) is 0 Å². The van der Waals surface area contributed by atoms with Crippen LogP contribution in [0.3, 0.4) is 0 Å². The van der Waals surface area contributed by atoms with Crippen LogP contribution in [-0.2, 0) is 9.53 Å². The van der Waals surface area contributed by atoms with Crippen LogP contribution >= 0.6 is 0 Å². The third kappa shape index (κ3) is 6.68. The molecule has 3 N–H and O–H groups in total. The minimum absolute atomic E-state index is 0.275. The Morgan fingerprint density at radius 3 is 2.55 bits per heavy atom. The molecule has 0 aromatic carbocycles. The lowest BCUT2D eigenvalue weighted by Gasteiger charge is -2.34. The average molecular weight is 287 g/mol. The number of ether oxygens (including phenoxy) is 1. The minimum Gasteiger partial charge on any atom is -0.481 e. The fourth-order valence-corrected chi connectivity index (χ4v) is 2.57. The molecule has 0 unspecified atom stereocenters. The highest BCUT2D eigenvalue weighted by Crippen LogP contribution is 2.31. The van der Waals surface area contributed by atoms with Gasteiger partial charge in [0, 0.05) is 13.2 Å². The molecule has 1 rings (SSSR count). The van der Waals surface area contributed by atoms with Crippen LogP contribution in [0.1, 0.15) is 52.4 Å². The number of unbranched alkanes of at least 4 members (excludes halogenated alkanes) is 1. The summed E-state index contributed by atoms with van der Waals surface area (Å²) in [5.74, 6) is -1.01. The lowest BCUT2D eigenvalue weighted by atomic mass is 9.79. The van der Waals surface area contributed by atoms with Crippen molar-refractivity contribution in [3.8, 4) is 0 Å². The number of rotatable bonds is 9. The molecular formula is C15H29NO4. The van der Waals surface area contributed by atoms with Gasteiger partial charge >= 0.3 is 5.97 Å². The molecule has 20 heavy (non-hydrogen) atoms. The topological polar surface area (TPSA) is 78.8 Å². The van der Waals surface area contributed by atoms with Crippen LogP contribution in [0.5, 0.6) is 0 Å². The van der Waals surface area contributed by atoms with Gasteiger partial charge in [0.2, 0.25) is 0 Å². The molecule has 5 heteroatoms. The molecule has 0 spiro atoms. The summed E-state index contributed by atoms with van der Waals surface area (Å²) in [6.07, 6.45) is 4.64. The van der Waals surface area contributed by atoms with Crippen molar-refractivity contribution in [2.24, 2.45) is 5.92 Å². The highest BCUT2D eigenvalue weighted by molar-refractivity contribution is 5.70. The molecule has 0 aromatic rings. The Balaban J connectivity index is 2.05.